The molecule has 1 saturated heterocycles. The first-order valence-electron chi connectivity index (χ1n) is 10.6. The van der Waals surface area contributed by atoms with Crippen LogP contribution in [-0.2, 0) is 23.9 Å². The smallest absolute Gasteiger partial charge is 0.383 e. The molecule has 0 aliphatic carbocycles. The second-order valence-electron chi connectivity index (χ2n) is 8.20. The number of halogens is 3. The molecule has 0 saturated carbocycles. The number of ether oxygens (including phenoxy) is 1. The fourth-order valence-electron chi connectivity index (χ4n) is 4.59. The molecule has 2 aliphatic heterocycles. The second-order valence-corrected chi connectivity index (χ2v) is 8.20. The van der Waals surface area contributed by atoms with Crippen LogP contribution >= 0.6 is 0 Å². The van der Waals surface area contributed by atoms with Gasteiger partial charge in [-0.1, -0.05) is 18.2 Å². The van der Waals surface area contributed by atoms with Crippen LogP contribution in [0.15, 0.2) is 24.3 Å². The molecule has 3 heterocycles. The van der Waals surface area contributed by atoms with Crippen molar-refractivity contribution in [3.05, 3.63) is 52.3 Å². The van der Waals surface area contributed by atoms with Gasteiger partial charge in [-0.25, -0.2) is 0 Å². The van der Waals surface area contributed by atoms with E-state index >= 15 is 0 Å². The van der Waals surface area contributed by atoms with Gasteiger partial charge in [-0.2, -0.15) is 18.3 Å². The molecular weight excluding hydrogens is 409 g/mol. The lowest BCUT2D eigenvalue weighted by molar-refractivity contribution is -0.138. The minimum Gasteiger partial charge on any atom is -0.383 e. The highest BCUT2D eigenvalue weighted by Gasteiger charge is 2.36. The van der Waals surface area contributed by atoms with Crippen molar-refractivity contribution in [2.45, 2.75) is 37.9 Å². The molecule has 0 spiro atoms. The third-order valence-electron chi connectivity index (χ3n) is 6.31. The number of aromatic amines is 1. The summed E-state index contributed by atoms with van der Waals surface area (Å²) in [5.41, 5.74) is 2.11. The molecule has 1 aromatic heterocycles. The van der Waals surface area contributed by atoms with Gasteiger partial charge in [-0.3, -0.25) is 14.8 Å². The molecule has 1 amide bonds. The second kappa shape index (κ2) is 9.00. The van der Waals surface area contributed by atoms with Crippen LogP contribution in [0.25, 0.3) is 0 Å². The lowest BCUT2D eigenvalue weighted by Crippen LogP contribution is -2.39. The molecule has 2 aromatic rings. The van der Waals surface area contributed by atoms with Gasteiger partial charge in [-0.15, -0.1) is 0 Å². The number of aromatic nitrogens is 2. The fraction of sp³-hybridized carbons (Fsp3) is 0.545. The Morgan fingerprint density at radius 3 is 2.68 bits per heavy atom. The molecule has 4 rings (SSSR count). The molecule has 1 fully saturated rings. The van der Waals surface area contributed by atoms with Crippen molar-refractivity contribution in [3.8, 4) is 0 Å². The standard InChI is InChI=1S/C22H27F3N4O2/c1-31-13-12-28-9-8-19-17(14-28)20(27-26-19)21(30)29-10-6-15(7-11-29)16-4-2-3-5-18(16)22(23,24)25/h2-5,15H,6-14H2,1H3,(H,26,27). The van der Waals surface area contributed by atoms with Crippen molar-refractivity contribution >= 4 is 5.91 Å². The summed E-state index contributed by atoms with van der Waals surface area (Å²) in [6.07, 6.45) is -2.56. The van der Waals surface area contributed by atoms with Crippen molar-refractivity contribution < 1.29 is 22.7 Å². The van der Waals surface area contributed by atoms with E-state index in [2.05, 4.69) is 15.1 Å². The molecule has 168 valence electrons. The van der Waals surface area contributed by atoms with Gasteiger partial charge in [0.25, 0.3) is 5.91 Å². The quantitative estimate of drug-likeness (QED) is 0.780. The molecule has 1 aromatic carbocycles. The zero-order valence-electron chi connectivity index (χ0n) is 17.5. The van der Waals surface area contributed by atoms with Gasteiger partial charge in [0.1, 0.15) is 0 Å². The Bertz CT molecular complexity index is 920. The number of amides is 1. The first-order chi connectivity index (χ1) is 14.9. The predicted octanol–water partition coefficient (Wildman–Crippen LogP) is 3.45. The number of H-pyrrole nitrogens is 1. The number of nitrogens with one attached hydrogen (secondary N) is 1. The van der Waals surface area contributed by atoms with Crippen LogP contribution in [0.5, 0.6) is 0 Å². The Balaban J connectivity index is 1.43. The molecule has 0 atom stereocenters. The summed E-state index contributed by atoms with van der Waals surface area (Å²) >= 11 is 0. The van der Waals surface area contributed by atoms with E-state index in [0.29, 0.717) is 50.3 Å². The number of piperidine rings is 1. The number of rotatable bonds is 5. The molecule has 0 unspecified atom stereocenters. The topological polar surface area (TPSA) is 61.5 Å². The maximum absolute atomic E-state index is 13.4. The number of hydrogen-bond acceptors (Lipinski definition) is 4. The summed E-state index contributed by atoms with van der Waals surface area (Å²) < 4.78 is 45.3. The number of benzene rings is 1. The Labute approximate surface area is 179 Å². The number of carbonyl (C=O) groups excluding carboxylic acids is 1. The van der Waals surface area contributed by atoms with Crippen molar-refractivity contribution in [2.75, 3.05) is 39.9 Å². The number of hydrogen-bond donors (Lipinski definition) is 1. The van der Waals surface area contributed by atoms with Gasteiger partial charge < -0.3 is 9.64 Å². The van der Waals surface area contributed by atoms with Crippen LogP contribution in [0.4, 0.5) is 13.2 Å². The summed E-state index contributed by atoms with van der Waals surface area (Å²) in [5.74, 6) is -0.354. The minimum atomic E-state index is -4.37. The molecule has 1 N–H and O–H groups in total. The van der Waals surface area contributed by atoms with Gasteiger partial charge in [0.2, 0.25) is 0 Å². The molecule has 9 heteroatoms. The molecular formula is C22H27F3N4O2. The molecule has 0 bridgehead atoms. The van der Waals surface area contributed by atoms with Gasteiger partial charge >= 0.3 is 6.18 Å². The van der Waals surface area contributed by atoms with Crippen LogP contribution in [0.2, 0.25) is 0 Å². The first kappa shape index (κ1) is 21.8. The monoisotopic (exact) mass is 436 g/mol. The third-order valence-corrected chi connectivity index (χ3v) is 6.31. The largest absolute Gasteiger partial charge is 0.416 e. The highest BCUT2D eigenvalue weighted by atomic mass is 19.4. The summed E-state index contributed by atoms with van der Waals surface area (Å²) in [6, 6.07) is 5.76. The maximum atomic E-state index is 13.4. The number of alkyl halides is 3. The van der Waals surface area contributed by atoms with E-state index in [1.54, 1.807) is 24.1 Å². The SMILES string of the molecule is COCCN1CCc2[nH]nc(C(=O)N3CCC(c4ccccc4C(F)(F)F)CC3)c2C1. The maximum Gasteiger partial charge on any atom is 0.416 e. The molecule has 31 heavy (non-hydrogen) atoms. The van der Waals surface area contributed by atoms with Gasteiger partial charge in [0.15, 0.2) is 5.69 Å². The van der Waals surface area contributed by atoms with E-state index in [-0.39, 0.29) is 11.8 Å². The molecule has 0 radical (unpaired) electrons. The predicted molar refractivity (Wildman–Crippen MR) is 109 cm³/mol. The van der Waals surface area contributed by atoms with Crippen molar-refractivity contribution in [1.29, 1.82) is 0 Å². The number of likely N-dealkylation sites (tertiary alicyclic amines) is 1. The van der Waals surface area contributed by atoms with Crippen LogP contribution in [0.1, 0.15) is 51.6 Å². The zero-order valence-corrected chi connectivity index (χ0v) is 17.5. The number of carbonyl (C=O) groups is 1. The zero-order chi connectivity index (χ0) is 22.0. The van der Waals surface area contributed by atoms with E-state index in [0.717, 1.165) is 36.8 Å². The van der Waals surface area contributed by atoms with E-state index in [1.807, 2.05) is 0 Å². The van der Waals surface area contributed by atoms with Gasteiger partial charge in [0.05, 0.1) is 12.2 Å². The van der Waals surface area contributed by atoms with Crippen molar-refractivity contribution in [2.24, 2.45) is 0 Å². The summed E-state index contributed by atoms with van der Waals surface area (Å²) in [5, 5.41) is 7.29. The Hall–Kier alpha value is -2.39. The lowest BCUT2D eigenvalue weighted by atomic mass is 9.86. The average molecular weight is 436 g/mol. The highest BCUT2D eigenvalue weighted by molar-refractivity contribution is 5.94. The van der Waals surface area contributed by atoms with Gasteiger partial charge in [0, 0.05) is 57.5 Å². The van der Waals surface area contributed by atoms with Crippen LogP contribution in [0.3, 0.4) is 0 Å². The highest BCUT2D eigenvalue weighted by Crippen LogP contribution is 2.38. The third kappa shape index (κ3) is 4.62. The first-order valence-corrected chi connectivity index (χ1v) is 10.6. The summed E-state index contributed by atoms with van der Waals surface area (Å²) in [6.45, 7) is 3.79. The Morgan fingerprint density at radius 1 is 1.23 bits per heavy atom. The Morgan fingerprint density at radius 2 is 1.97 bits per heavy atom. The van der Waals surface area contributed by atoms with Crippen LogP contribution in [0, 0.1) is 0 Å². The van der Waals surface area contributed by atoms with Crippen molar-refractivity contribution in [3.63, 3.8) is 0 Å². The van der Waals surface area contributed by atoms with Gasteiger partial charge in [-0.05, 0) is 30.4 Å². The normalized spacial score (nSPS) is 18.3. The van der Waals surface area contributed by atoms with E-state index in [9.17, 15) is 18.0 Å². The van der Waals surface area contributed by atoms with Crippen LogP contribution < -0.4 is 0 Å². The lowest BCUT2D eigenvalue weighted by Gasteiger charge is -2.33. The number of methoxy groups -OCH3 is 1. The van der Waals surface area contributed by atoms with Crippen LogP contribution in [-0.4, -0.2) is 65.8 Å². The fourth-order valence-corrected chi connectivity index (χ4v) is 4.59. The van der Waals surface area contributed by atoms with E-state index in [4.69, 9.17) is 4.74 Å². The van der Waals surface area contributed by atoms with E-state index in [1.165, 1.54) is 6.07 Å². The summed E-state index contributed by atoms with van der Waals surface area (Å²) in [4.78, 5) is 17.1. The molecule has 6 nitrogen and oxygen atoms in total. The Kier molecular flexibility index (Phi) is 6.34. The number of fused-ring (bicyclic) bond motifs is 1. The van der Waals surface area contributed by atoms with E-state index < -0.39 is 11.7 Å². The summed E-state index contributed by atoms with van der Waals surface area (Å²) in [7, 11) is 1.67. The minimum absolute atomic E-state index is 0.145. The number of nitrogens with zero attached hydrogens (tertiary/aromatic N) is 3. The van der Waals surface area contributed by atoms with Crippen molar-refractivity contribution in [1.82, 2.24) is 20.0 Å². The molecule has 2 aliphatic rings. The average Bonchev–Trinajstić information content (AvgIpc) is 3.20.